The standard InChI is InChI=1S/C17H36N2/c1-5-12-17(14-18,13-6-2)19(4)16-10-8-15(7-3)9-11-16/h15-16H,5-14,18H2,1-4H3. The average molecular weight is 268 g/mol. The molecule has 0 spiro atoms. The van der Waals surface area contributed by atoms with E-state index in [1.165, 1.54) is 57.8 Å². The third kappa shape index (κ3) is 4.19. The van der Waals surface area contributed by atoms with Gasteiger partial charge in [-0.2, -0.15) is 0 Å². The molecule has 0 aromatic carbocycles. The molecule has 114 valence electrons. The molecule has 0 unspecified atom stereocenters. The summed E-state index contributed by atoms with van der Waals surface area (Å²) in [5.41, 5.74) is 6.46. The summed E-state index contributed by atoms with van der Waals surface area (Å²) >= 11 is 0. The SMILES string of the molecule is CCCC(CN)(CCC)N(C)C1CCC(CC)CC1. The van der Waals surface area contributed by atoms with Crippen LogP contribution in [0.4, 0.5) is 0 Å². The van der Waals surface area contributed by atoms with Gasteiger partial charge < -0.3 is 5.73 Å². The van der Waals surface area contributed by atoms with Crippen molar-refractivity contribution in [1.82, 2.24) is 4.90 Å². The van der Waals surface area contributed by atoms with Gasteiger partial charge in [-0.3, -0.25) is 4.90 Å². The number of hydrogen-bond donors (Lipinski definition) is 1. The Morgan fingerprint density at radius 1 is 1.00 bits per heavy atom. The lowest BCUT2D eigenvalue weighted by Gasteiger charge is -2.47. The Hall–Kier alpha value is -0.0800. The van der Waals surface area contributed by atoms with Crippen molar-refractivity contribution in [3.05, 3.63) is 0 Å². The second kappa shape index (κ2) is 8.26. The lowest BCUT2D eigenvalue weighted by Crippen LogP contribution is -2.56. The molecule has 1 aliphatic carbocycles. The first-order chi connectivity index (χ1) is 9.13. The van der Waals surface area contributed by atoms with Crippen LogP contribution < -0.4 is 5.73 Å². The third-order valence-corrected chi connectivity index (χ3v) is 5.50. The molecule has 0 bridgehead atoms. The fourth-order valence-corrected chi connectivity index (χ4v) is 4.08. The molecule has 1 aliphatic rings. The lowest BCUT2D eigenvalue weighted by atomic mass is 9.80. The van der Waals surface area contributed by atoms with Crippen molar-refractivity contribution in [3.63, 3.8) is 0 Å². The van der Waals surface area contributed by atoms with E-state index in [1.54, 1.807) is 0 Å². The van der Waals surface area contributed by atoms with Crippen molar-refractivity contribution in [2.75, 3.05) is 13.6 Å². The molecule has 1 fully saturated rings. The monoisotopic (exact) mass is 268 g/mol. The molecule has 0 aromatic heterocycles. The van der Waals surface area contributed by atoms with Crippen LogP contribution in [-0.4, -0.2) is 30.1 Å². The van der Waals surface area contributed by atoms with Crippen molar-refractivity contribution in [1.29, 1.82) is 0 Å². The van der Waals surface area contributed by atoms with Crippen LogP contribution >= 0.6 is 0 Å². The number of rotatable bonds is 8. The molecule has 0 aliphatic heterocycles. The summed E-state index contributed by atoms with van der Waals surface area (Å²) in [5.74, 6) is 0.981. The second-order valence-corrected chi connectivity index (χ2v) is 6.62. The minimum absolute atomic E-state index is 0.257. The second-order valence-electron chi connectivity index (χ2n) is 6.62. The van der Waals surface area contributed by atoms with E-state index in [0.717, 1.165) is 18.5 Å². The quantitative estimate of drug-likeness (QED) is 0.715. The van der Waals surface area contributed by atoms with Crippen LogP contribution in [0.1, 0.15) is 78.6 Å². The summed E-state index contributed by atoms with van der Waals surface area (Å²) in [6.07, 6.45) is 12.0. The van der Waals surface area contributed by atoms with E-state index >= 15 is 0 Å². The number of nitrogens with zero attached hydrogens (tertiary/aromatic N) is 1. The molecule has 0 atom stereocenters. The predicted octanol–water partition coefficient (Wildman–Crippen LogP) is 4.18. The molecule has 0 aromatic rings. The normalized spacial score (nSPS) is 24.9. The van der Waals surface area contributed by atoms with Crippen LogP contribution in [0.3, 0.4) is 0 Å². The zero-order valence-corrected chi connectivity index (χ0v) is 13.8. The average Bonchev–Trinajstić information content (AvgIpc) is 2.46. The largest absolute Gasteiger partial charge is 0.329 e. The van der Waals surface area contributed by atoms with Gasteiger partial charge in [-0.1, -0.05) is 40.0 Å². The van der Waals surface area contributed by atoms with Gasteiger partial charge in [-0.25, -0.2) is 0 Å². The summed E-state index contributed by atoms with van der Waals surface area (Å²) in [7, 11) is 2.34. The topological polar surface area (TPSA) is 29.3 Å². The minimum atomic E-state index is 0.257. The number of nitrogens with two attached hydrogens (primary N) is 1. The van der Waals surface area contributed by atoms with Gasteiger partial charge in [0.25, 0.3) is 0 Å². The molecule has 0 heterocycles. The van der Waals surface area contributed by atoms with Crippen molar-refractivity contribution >= 4 is 0 Å². The predicted molar refractivity (Wildman–Crippen MR) is 85.4 cm³/mol. The lowest BCUT2D eigenvalue weighted by molar-refractivity contribution is 0.0346. The highest BCUT2D eigenvalue weighted by Gasteiger charge is 2.36. The molecule has 1 rings (SSSR count). The fourth-order valence-electron chi connectivity index (χ4n) is 4.08. The van der Waals surface area contributed by atoms with E-state index in [-0.39, 0.29) is 5.54 Å². The van der Waals surface area contributed by atoms with Crippen LogP contribution in [-0.2, 0) is 0 Å². The summed E-state index contributed by atoms with van der Waals surface area (Å²) in [6, 6.07) is 0.768. The molecule has 0 amide bonds. The Morgan fingerprint density at radius 3 is 1.89 bits per heavy atom. The molecule has 0 radical (unpaired) electrons. The summed E-state index contributed by atoms with van der Waals surface area (Å²) in [6.45, 7) is 7.75. The maximum Gasteiger partial charge on any atom is 0.0331 e. The fraction of sp³-hybridized carbons (Fsp3) is 1.00. The van der Waals surface area contributed by atoms with Gasteiger partial charge in [0.05, 0.1) is 0 Å². The van der Waals surface area contributed by atoms with E-state index in [2.05, 4.69) is 32.7 Å². The van der Waals surface area contributed by atoms with Crippen molar-refractivity contribution in [3.8, 4) is 0 Å². The van der Waals surface area contributed by atoms with Crippen molar-refractivity contribution in [2.45, 2.75) is 90.1 Å². The van der Waals surface area contributed by atoms with Crippen LogP contribution in [0.25, 0.3) is 0 Å². The molecular weight excluding hydrogens is 232 g/mol. The summed E-state index contributed by atoms with van der Waals surface area (Å²) < 4.78 is 0. The Bertz CT molecular complexity index is 225. The smallest absolute Gasteiger partial charge is 0.0331 e. The van der Waals surface area contributed by atoms with E-state index in [9.17, 15) is 0 Å². The molecule has 0 saturated heterocycles. The van der Waals surface area contributed by atoms with E-state index < -0.39 is 0 Å². The maximum absolute atomic E-state index is 6.20. The first-order valence-corrected chi connectivity index (χ1v) is 8.56. The van der Waals surface area contributed by atoms with Crippen LogP contribution in [0.2, 0.25) is 0 Å². The highest BCUT2D eigenvalue weighted by molar-refractivity contribution is 4.94. The Labute approximate surface area is 121 Å². The van der Waals surface area contributed by atoms with Gasteiger partial charge in [0, 0.05) is 18.1 Å². The zero-order valence-electron chi connectivity index (χ0n) is 13.8. The van der Waals surface area contributed by atoms with Gasteiger partial charge in [0.2, 0.25) is 0 Å². The van der Waals surface area contributed by atoms with Crippen LogP contribution in [0.5, 0.6) is 0 Å². The molecular formula is C17H36N2. The highest BCUT2D eigenvalue weighted by atomic mass is 15.2. The third-order valence-electron chi connectivity index (χ3n) is 5.50. The van der Waals surface area contributed by atoms with Gasteiger partial charge in [-0.05, 0) is 51.5 Å². The van der Waals surface area contributed by atoms with Crippen molar-refractivity contribution < 1.29 is 0 Å². The Balaban J connectivity index is 2.68. The zero-order chi connectivity index (χ0) is 14.3. The molecule has 2 heteroatoms. The number of hydrogen-bond acceptors (Lipinski definition) is 2. The van der Waals surface area contributed by atoms with Gasteiger partial charge in [0.15, 0.2) is 0 Å². The van der Waals surface area contributed by atoms with Gasteiger partial charge in [0.1, 0.15) is 0 Å². The number of likely N-dealkylation sites (N-methyl/N-ethyl adjacent to an activating group) is 1. The maximum atomic E-state index is 6.20. The molecule has 2 N–H and O–H groups in total. The Kier molecular flexibility index (Phi) is 7.38. The summed E-state index contributed by atoms with van der Waals surface area (Å²) in [5, 5.41) is 0. The summed E-state index contributed by atoms with van der Waals surface area (Å²) in [4.78, 5) is 2.67. The van der Waals surface area contributed by atoms with Crippen LogP contribution in [0.15, 0.2) is 0 Å². The molecule has 19 heavy (non-hydrogen) atoms. The first-order valence-electron chi connectivity index (χ1n) is 8.56. The van der Waals surface area contributed by atoms with Gasteiger partial charge >= 0.3 is 0 Å². The molecule has 1 saturated carbocycles. The first kappa shape index (κ1) is 17.0. The van der Waals surface area contributed by atoms with E-state index in [1.807, 2.05) is 0 Å². The van der Waals surface area contributed by atoms with Gasteiger partial charge in [-0.15, -0.1) is 0 Å². The van der Waals surface area contributed by atoms with Crippen molar-refractivity contribution in [2.24, 2.45) is 11.7 Å². The Morgan fingerprint density at radius 2 is 1.53 bits per heavy atom. The van der Waals surface area contributed by atoms with E-state index in [4.69, 9.17) is 5.73 Å². The van der Waals surface area contributed by atoms with E-state index in [0.29, 0.717) is 0 Å². The van der Waals surface area contributed by atoms with Crippen LogP contribution in [0, 0.1) is 5.92 Å². The molecule has 2 nitrogen and oxygen atoms in total. The highest BCUT2D eigenvalue weighted by Crippen LogP contribution is 2.35. The minimum Gasteiger partial charge on any atom is -0.329 e.